The highest BCUT2D eigenvalue weighted by Crippen LogP contribution is 2.20. The first-order valence-corrected chi connectivity index (χ1v) is 7.79. The molecule has 0 amide bonds. The fourth-order valence-corrected chi connectivity index (χ4v) is 2.70. The molecule has 3 rings (SSSR count). The number of likely N-dealkylation sites (N-methyl/N-ethyl adjacent to an activating group) is 1. The van der Waals surface area contributed by atoms with Gasteiger partial charge in [0.2, 0.25) is 5.82 Å². The Hall–Kier alpha value is -2.38. The summed E-state index contributed by atoms with van der Waals surface area (Å²) < 4.78 is 0. The maximum atomic E-state index is 7.79. The molecule has 0 aromatic carbocycles. The fraction of sp³-hybridized carbons (Fsp3) is 0.375. The maximum absolute atomic E-state index is 7.79. The third-order valence-electron chi connectivity index (χ3n) is 4.12. The summed E-state index contributed by atoms with van der Waals surface area (Å²) in [6, 6.07) is 3.98. The third kappa shape index (κ3) is 3.69. The smallest absolute Gasteiger partial charge is 0.238 e. The lowest BCUT2D eigenvalue weighted by molar-refractivity contribution is -0.592. The molecule has 0 aliphatic carbocycles. The minimum Gasteiger partial charge on any atom is -0.353 e. The van der Waals surface area contributed by atoms with Gasteiger partial charge in [-0.25, -0.2) is 4.98 Å². The Morgan fingerprint density at radius 1 is 1.17 bits per heavy atom. The topological polar surface area (TPSA) is 85.6 Å². The molecule has 3 N–H and O–H groups in total. The Kier molecular flexibility index (Phi) is 4.89. The Morgan fingerprint density at radius 3 is 2.61 bits per heavy atom. The van der Waals surface area contributed by atoms with Crippen LogP contribution in [0.5, 0.6) is 0 Å². The number of hydrogen-bond acceptors (Lipinski definition) is 6. The van der Waals surface area contributed by atoms with E-state index in [2.05, 4.69) is 37.1 Å². The van der Waals surface area contributed by atoms with Gasteiger partial charge >= 0.3 is 0 Å². The zero-order valence-corrected chi connectivity index (χ0v) is 13.3. The number of hydrogen-bond donors (Lipinski definition) is 2. The van der Waals surface area contributed by atoms with Crippen LogP contribution in [0.3, 0.4) is 0 Å². The molecule has 0 saturated carbocycles. The van der Waals surface area contributed by atoms with E-state index in [9.17, 15) is 0 Å². The molecule has 1 fully saturated rings. The maximum Gasteiger partial charge on any atom is 0.238 e. The van der Waals surface area contributed by atoms with Crippen molar-refractivity contribution in [3.05, 3.63) is 42.0 Å². The minimum absolute atomic E-state index is 0.766. The number of nitrogens with two attached hydrogens (primary N) is 1. The highest BCUT2D eigenvalue weighted by molar-refractivity contribution is 5.88. The van der Waals surface area contributed by atoms with Crippen LogP contribution in [0.4, 0.5) is 11.6 Å². The molecule has 7 heteroatoms. The van der Waals surface area contributed by atoms with E-state index >= 15 is 0 Å². The van der Waals surface area contributed by atoms with Gasteiger partial charge in [-0.1, -0.05) is 0 Å². The highest BCUT2D eigenvalue weighted by atomic mass is 15.3. The highest BCUT2D eigenvalue weighted by Gasteiger charge is 2.21. The molecule has 1 aliphatic rings. The summed E-state index contributed by atoms with van der Waals surface area (Å²) >= 11 is 0. The van der Waals surface area contributed by atoms with Crippen molar-refractivity contribution in [2.24, 2.45) is 0 Å². The van der Waals surface area contributed by atoms with E-state index in [0.717, 1.165) is 49.9 Å². The van der Waals surface area contributed by atoms with Crippen LogP contribution in [0.2, 0.25) is 0 Å². The molecule has 3 heterocycles. The second-order valence-electron chi connectivity index (χ2n) is 5.69. The van der Waals surface area contributed by atoms with Crippen molar-refractivity contribution in [2.45, 2.75) is 6.54 Å². The summed E-state index contributed by atoms with van der Waals surface area (Å²) in [7, 11) is 2.13. The lowest BCUT2D eigenvalue weighted by Crippen LogP contribution is -2.77. The van der Waals surface area contributed by atoms with Crippen molar-refractivity contribution in [1.82, 2.24) is 19.9 Å². The van der Waals surface area contributed by atoms with Gasteiger partial charge in [-0.3, -0.25) is 10.3 Å². The summed E-state index contributed by atoms with van der Waals surface area (Å²) in [5, 5.41) is 9.85. The van der Waals surface area contributed by atoms with Crippen LogP contribution in [-0.4, -0.2) is 59.3 Å². The van der Waals surface area contributed by atoms with Crippen LogP contribution in [0.1, 0.15) is 11.1 Å². The number of quaternary nitrogens is 1. The van der Waals surface area contributed by atoms with E-state index in [-0.39, 0.29) is 0 Å². The SMILES string of the molecule is CN1CCN(c2ncnc([NH2+]Cc3ccncc3)c2C=N)CC1. The summed E-state index contributed by atoms with van der Waals surface area (Å²) in [6.45, 7) is 4.65. The van der Waals surface area contributed by atoms with E-state index in [1.54, 1.807) is 18.7 Å². The first-order valence-electron chi connectivity index (χ1n) is 7.79. The zero-order chi connectivity index (χ0) is 16.1. The molecule has 0 spiro atoms. The molecule has 0 unspecified atom stereocenters. The Labute approximate surface area is 135 Å². The lowest BCUT2D eigenvalue weighted by atomic mass is 10.2. The third-order valence-corrected chi connectivity index (χ3v) is 4.12. The van der Waals surface area contributed by atoms with Gasteiger partial charge < -0.3 is 15.2 Å². The van der Waals surface area contributed by atoms with Crippen LogP contribution >= 0.6 is 0 Å². The molecule has 0 bridgehead atoms. The molecule has 2 aromatic rings. The summed E-state index contributed by atoms with van der Waals surface area (Å²) in [6.07, 6.45) is 6.54. The lowest BCUT2D eigenvalue weighted by Gasteiger charge is -2.33. The van der Waals surface area contributed by atoms with Gasteiger partial charge in [0.25, 0.3) is 0 Å². The zero-order valence-electron chi connectivity index (χ0n) is 13.3. The number of pyridine rings is 1. The van der Waals surface area contributed by atoms with Crippen molar-refractivity contribution in [2.75, 3.05) is 38.1 Å². The molecule has 2 aromatic heterocycles. The van der Waals surface area contributed by atoms with Crippen LogP contribution < -0.4 is 10.2 Å². The van der Waals surface area contributed by atoms with Crippen LogP contribution in [0, 0.1) is 5.41 Å². The monoisotopic (exact) mass is 312 g/mol. The largest absolute Gasteiger partial charge is 0.353 e. The van der Waals surface area contributed by atoms with Crippen LogP contribution in [0.15, 0.2) is 30.9 Å². The van der Waals surface area contributed by atoms with Crippen molar-refractivity contribution < 1.29 is 5.32 Å². The van der Waals surface area contributed by atoms with Crippen molar-refractivity contribution in [3.8, 4) is 0 Å². The Balaban J connectivity index is 1.78. The van der Waals surface area contributed by atoms with Gasteiger partial charge in [0.05, 0.1) is 0 Å². The predicted octanol–water partition coefficient (Wildman–Crippen LogP) is 0.0162. The number of rotatable bonds is 5. The first-order chi connectivity index (χ1) is 11.3. The van der Waals surface area contributed by atoms with Gasteiger partial charge in [-0.15, -0.1) is 0 Å². The number of piperazine rings is 1. The van der Waals surface area contributed by atoms with Gasteiger partial charge in [0, 0.05) is 50.4 Å². The van der Waals surface area contributed by atoms with Gasteiger partial charge in [-0.05, 0) is 19.2 Å². The molecule has 0 atom stereocenters. The molecule has 23 heavy (non-hydrogen) atoms. The van der Waals surface area contributed by atoms with Gasteiger partial charge in [0.15, 0.2) is 0 Å². The Bertz CT molecular complexity index is 651. The van der Waals surface area contributed by atoms with E-state index < -0.39 is 0 Å². The minimum atomic E-state index is 0.766. The van der Waals surface area contributed by atoms with Crippen molar-refractivity contribution >= 4 is 17.9 Å². The molecule has 120 valence electrons. The molecule has 1 saturated heterocycles. The average molecular weight is 312 g/mol. The number of aromatic nitrogens is 3. The summed E-state index contributed by atoms with van der Waals surface area (Å²) in [5.74, 6) is 1.69. The standard InChI is InChI=1S/C16H21N7/c1-22-6-8-23(9-7-22)16-14(10-17)15(20-12-21-16)19-11-13-2-4-18-5-3-13/h2-5,10,12,17H,6-9,11H2,1H3,(H,19,20,21)/p+1. The first kappa shape index (κ1) is 15.5. The van der Waals surface area contributed by atoms with Gasteiger partial charge in [0.1, 0.15) is 24.3 Å². The van der Waals surface area contributed by atoms with E-state index in [4.69, 9.17) is 5.41 Å². The summed E-state index contributed by atoms with van der Waals surface area (Å²) in [4.78, 5) is 17.4. The van der Waals surface area contributed by atoms with E-state index in [1.807, 2.05) is 12.1 Å². The van der Waals surface area contributed by atoms with E-state index in [0.29, 0.717) is 0 Å². The molecular formula is C16H22N7+. The second-order valence-corrected chi connectivity index (χ2v) is 5.69. The fourth-order valence-electron chi connectivity index (χ4n) is 2.70. The number of anilines is 1. The molecular weight excluding hydrogens is 290 g/mol. The van der Waals surface area contributed by atoms with E-state index in [1.165, 1.54) is 11.8 Å². The molecule has 1 aliphatic heterocycles. The van der Waals surface area contributed by atoms with Gasteiger partial charge in [-0.2, -0.15) is 4.98 Å². The second kappa shape index (κ2) is 7.26. The van der Waals surface area contributed by atoms with Crippen molar-refractivity contribution in [3.63, 3.8) is 0 Å². The Morgan fingerprint density at radius 2 is 1.91 bits per heavy atom. The summed E-state index contributed by atoms with van der Waals surface area (Å²) in [5.41, 5.74) is 1.97. The normalized spacial score (nSPS) is 15.6. The molecule has 0 radical (unpaired) electrons. The van der Waals surface area contributed by atoms with Crippen molar-refractivity contribution in [1.29, 1.82) is 5.41 Å². The number of nitrogens with one attached hydrogen (secondary N) is 1. The number of nitrogens with zero attached hydrogens (tertiary/aromatic N) is 5. The predicted molar refractivity (Wildman–Crippen MR) is 89.2 cm³/mol. The average Bonchev–Trinajstić information content (AvgIpc) is 2.61. The molecule has 7 nitrogen and oxygen atoms in total. The van der Waals surface area contributed by atoms with Crippen LogP contribution in [0.25, 0.3) is 0 Å². The quantitative estimate of drug-likeness (QED) is 0.760. The van der Waals surface area contributed by atoms with Crippen LogP contribution in [-0.2, 0) is 6.54 Å².